The van der Waals surface area contributed by atoms with Crippen LogP contribution in [0.1, 0.15) is 15.9 Å². The molecular formula is C21H20N2O3. The number of benzene rings is 2. The normalized spacial score (nSPS) is 12.4. The third kappa shape index (κ3) is 2.70. The summed E-state index contributed by atoms with van der Waals surface area (Å²) in [4.78, 5) is 19.6. The van der Waals surface area contributed by atoms with Crippen molar-refractivity contribution >= 4 is 16.7 Å². The number of carbonyl (C=O) groups is 1. The standard InChI is InChI=1S/C21H20N2O3/c1-23(2)8-9-26-14-5-7-19-17(11-14)20-18(12-22-19)15-6-4-13(25-3)10-16(15)21(20)24/h4-7,10-12H,8-9H2,1-3H3. The molecule has 5 nitrogen and oxygen atoms in total. The quantitative estimate of drug-likeness (QED) is 0.553. The van der Waals surface area contributed by atoms with Crippen LogP contribution in [-0.4, -0.2) is 50.0 Å². The van der Waals surface area contributed by atoms with E-state index in [-0.39, 0.29) is 5.78 Å². The second-order valence-corrected chi connectivity index (χ2v) is 6.62. The molecule has 0 saturated heterocycles. The number of pyridine rings is 1. The van der Waals surface area contributed by atoms with E-state index in [1.807, 2.05) is 44.4 Å². The van der Waals surface area contributed by atoms with Crippen LogP contribution in [0.15, 0.2) is 42.6 Å². The number of hydrogen-bond donors (Lipinski definition) is 0. The van der Waals surface area contributed by atoms with Gasteiger partial charge in [0, 0.05) is 34.8 Å². The number of nitrogens with zero attached hydrogens (tertiary/aromatic N) is 2. The van der Waals surface area contributed by atoms with E-state index in [0.29, 0.717) is 23.5 Å². The lowest BCUT2D eigenvalue weighted by atomic mass is 10.0. The maximum Gasteiger partial charge on any atom is 0.195 e. The highest BCUT2D eigenvalue weighted by atomic mass is 16.5. The van der Waals surface area contributed by atoms with Crippen molar-refractivity contribution in [1.29, 1.82) is 0 Å². The molecule has 0 aliphatic heterocycles. The number of carbonyl (C=O) groups excluding carboxylic acids is 1. The van der Waals surface area contributed by atoms with Crippen molar-refractivity contribution in [3.8, 4) is 22.6 Å². The molecule has 1 aliphatic carbocycles. The average Bonchev–Trinajstić information content (AvgIpc) is 2.93. The van der Waals surface area contributed by atoms with Gasteiger partial charge in [-0.15, -0.1) is 0 Å². The van der Waals surface area contributed by atoms with Gasteiger partial charge in [-0.25, -0.2) is 0 Å². The zero-order valence-electron chi connectivity index (χ0n) is 15.1. The van der Waals surface area contributed by atoms with Crippen LogP contribution in [0.3, 0.4) is 0 Å². The Bertz CT molecular complexity index is 1010. The molecule has 1 aliphatic rings. The second kappa shape index (κ2) is 6.42. The number of hydrogen-bond acceptors (Lipinski definition) is 5. The summed E-state index contributed by atoms with van der Waals surface area (Å²) in [5.74, 6) is 1.43. The Morgan fingerprint density at radius 1 is 1.00 bits per heavy atom. The Kier molecular flexibility index (Phi) is 4.09. The van der Waals surface area contributed by atoms with E-state index in [9.17, 15) is 4.79 Å². The molecule has 2 aromatic carbocycles. The van der Waals surface area contributed by atoms with Gasteiger partial charge < -0.3 is 14.4 Å². The van der Waals surface area contributed by atoms with Gasteiger partial charge in [0.05, 0.1) is 12.6 Å². The van der Waals surface area contributed by atoms with Crippen LogP contribution in [0.5, 0.6) is 11.5 Å². The predicted molar refractivity (Wildman–Crippen MR) is 101 cm³/mol. The Morgan fingerprint density at radius 2 is 1.81 bits per heavy atom. The molecule has 0 amide bonds. The van der Waals surface area contributed by atoms with Crippen LogP contribution >= 0.6 is 0 Å². The number of methoxy groups -OCH3 is 1. The Labute approximate surface area is 152 Å². The molecule has 0 fully saturated rings. The number of likely N-dealkylation sites (N-methyl/N-ethyl adjacent to an activating group) is 1. The van der Waals surface area contributed by atoms with E-state index in [4.69, 9.17) is 9.47 Å². The van der Waals surface area contributed by atoms with Crippen molar-refractivity contribution in [1.82, 2.24) is 9.88 Å². The van der Waals surface area contributed by atoms with Crippen LogP contribution < -0.4 is 9.47 Å². The third-order valence-electron chi connectivity index (χ3n) is 4.64. The van der Waals surface area contributed by atoms with E-state index in [2.05, 4.69) is 9.88 Å². The topological polar surface area (TPSA) is 51.7 Å². The number of aromatic nitrogens is 1. The van der Waals surface area contributed by atoms with Gasteiger partial charge in [0.25, 0.3) is 0 Å². The van der Waals surface area contributed by atoms with Gasteiger partial charge in [0.15, 0.2) is 5.78 Å². The Balaban J connectivity index is 1.78. The van der Waals surface area contributed by atoms with Crippen molar-refractivity contribution in [2.45, 2.75) is 0 Å². The maximum atomic E-state index is 13.1. The van der Waals surface area contributed by atoms with Crippen LogP contribution in [0.4, 0.5) is 0 Å². The largest absolute Gasteiger partial charge is 0.497 e. The zero-order valence-corrected chi connectivity index (χ0v) is 15.1. The smallest absolute Gasteiger partial charge is 0.195 e. The first-order chi connectivity index (χ1) is 12.6. The monoisotopic (exact) mass is 348 g/mol. The van der Waals surface area contributed by atoms with Gasteiger partial charge in [-0.05, 0) is 56.1 Å². The fourth-order valence-corrected chi connectivity index (χ4v) is 3.26. The summed E-state index contributed by atoms with van der Waals surface area (Å²) < 4.78 is 11.1. The van der Waals surface area contributed by atoms with Crippen molar-refractivity contribution in [2.24, 2.45) is 0 Å². The van der Waals surface area contributed by atoms with E-state index in [1.54, 1.807) is 19.4 Å². The molecule has 0 bridgehead atoms. The van der Waals surface area contributed by atoms with Crippen molar-refractivity contribution < 1.29 is 14.3 Å². The molecule has 0 saturated carbocycles. The molecule has 3 aromatic rings. The van der Waals surface area contributed by atoms with E-state index in [0.717, 1.165) is 34.3 Å². The highest BCUT2D eigenvalue weighted by Crippen LogP contribution is 2.41. The average molecular weight is 348 g/mol. The summed E-state index contributed by atoms with van der Waals surface area (Å²) in [5, 5.41) is 0.824. The highest BCUT2D eigenvalue weighted by molar-refractivity contribution is 6.27. The van der Waals surface area contributed by atoms with Gasteiger partial charge in [-0.3, -0.25) is 9.78 Å². The van der Waals surface area contributed by atoms with Crippen molar-refractivity contribution in [2.75, 3.05) is 34.4 Å². The van der Waals surface area contributed by atoms with Gasteiger partial charge in [0.2, 0.25) is 0 Å². The summed E-state index contributed by atoms with van der Waals surface area (Å²) in [6.45, 7) is 1.42. The van der Waals surface area contributed by atoms with Gasteiger partial charge >= 0.3 is 0 Å². The minimum Gasteiger partial charge on any atom is -0.497 e. The molecule has 1 heterocycles. The van der Waals surface area contributed by atoms with Crippen molar-refractivity contribution in [3.63, 3.8) is 0 Å². The first kappa shape index (κ1) is 16.5. The third-order valence-corrected chi connectivity index (χ3v) is 4.64. The van der Waals surface area contributed by atoms with Crippen LogP contribution in [0.25, 0.3) is 22.0 Å². The lowest BCUT2D eigenvalue weighted by Gasteiger charge is -2.12. The number of rotatable bonds is 5. The molecule has 0 radical (unpaired) electrons. The van der Waals surface area contributed by atoms with E-state index in [1.165, 1.54) is 0 Å². The van der Waals surface area contributed by atoms with Crippen LogP contribution in [-0.2, 0) is 0 Å². The first-order valence-electron chi connectivity index (χ1n) is 8.52. The number of ether oxygens (including phenoxy) is 2. The Hall–Kier alpha value is -2.92. The fraction of sp³-hybridized carbons (Fsp3) is 0.238. The van der Waals surface area contributed by atoms with Gasteiger partial charge in [-0.1, -0.05) is 0 Å². The minimum atomic E-state index is 0.00624. The first-order valence-corrected chi connectivity index (χ1v) is 8.52. The number of fused-ring (bicyclic) bond motifs is 5. The molecule has 132 valence electrons. The van der Waals surface area contributed by atoms with Crippen molar-refractivity contribution in [3.05, 3.63) is 53.7 Å². The molecular weight excluding hydrogens is 328 g/mol. The molecule has 0 atom stereocenters. The molecule has 0 N–H and O–H groups in total. The summed E-state index contributed by atoms with van der Waals surface area (Å²) in [7, 11) is 5.61. The predicted octanol–water partition coefficient (Wildman–Crippen LogP) is 3.40. The summed E-state index contributed by atoms with van der Waals surface area (Å²) in [5.41, 5.74) is 3.91. The summed E-state index contributed by atoms with van der Waals surface area (Å²) in [6, 6.07) is 11.3. The Morgan fingerprint density at radius 3 is 2.58 bits per heavy atom. The fourth-order valence-electron chi connectivity index (χ4n) is 3.26. The SMILES string of the molecule is COc1ccc2c(c1)C(=O)c1c-2cnc2ccc(OCCN(C)C)cc12. The lowest BCUT2D eigenvalue weighted by molar-refractivity contribution is 0.104. The highest BCUT2D eigenvalue weighted by Gasteiger charge is 2.29. The molecule has 0 unspecified atom stereocenters. The molecule has 4 rings (SSSR count). The van der Waals surface area contributed by atoms with E-state index >= 15 is 0 Å². The minimum absolute atomic E-state index is 0.00624. The second-order valence-electron chi connectivity index (χ2n) is 6.62. The number of ketones is 1. The lowest BCUT2D eigenvalue weighted by Crippen LogP contribution is -2.19. The van der Waals surface area contributed by atoms with Crippen LogP contribution in [0, 0.1) is 0 Å². The van der Waals surface area contributed by atoms with Crippen LogP contribution in [0.2, 0.25) is 0 Å². The zero-order chi connectivity index (χ0) is 18.3. The summed E-state index contributed by atoms with van der Waals surface area (Å²) in [6.07, 6.45) is 1.78. The molecule has 0 spiro atoms. The maximum absolute atomic E-state index is 13.1. The van der Waals surface area contributed by atoms with E-state index < -0.39 is 0 Å². The molecule has 1 aromatic heterocycles. The van der Waals surface area contributed by atoms with Gasteiger partial charge in [0.1, 0.15) is 18.1 Å². The summed E-state index contributed by atoms with van der Waals surface area (Å²) >= 11 is 0. The molecule has 5 heteroatoms. The molecule has 26 heavy (non-hydrogen) atoms. The van der Waals surface area contributed by atoms with Gasteiger partial charge in [-0.2, -0.15) is 0 Å².